The van der Waals surface area contributed by atoms with Crippen LogP contribution in [0.4, 0.5) is 0 Å². The van der Waals surface area contributed by atoms with Crippen molar-refractivity contribution in [2.24, 2.45) is 11.7 Å². The first-order valence-corrected chi connectivity index (χ1v) is 8.70. The average molecular weight is 355 g/mol. The second kappa shape index (κ2) is 6.49. The number of hydrogen-bond donors (Lipinski definition) is 1. The van der Waals surface area contributed by atoms with Crippen LogP contribution in [0, 0.1) is 12.8 Å². The third-order valence-electron chi connectivity index (χ3n) is 5.06. The lowest BCUT2D eigenvalue weighted by Gasteiger charge is -2.18. The van der Waals surface area contributed by atoms with Crippen LogP contribution in [0.15, 0.2) is 35.3 Å². The van der Waals surface area contributed by atoms with Crippen LogP contribution >= 0.6 is 0 Å². The van der Waals surface area contributed by atoms with E-state index in [1.54, 1.807) is 42.3 Å². The molecule has 26 heavy (non-hydrogen) atoms. The molecule has 1 aromatic carbocycles. The van der Waals surface area contributed by atoms with Gasteiger partial charge in [0, 0.05) is 25.4 Å². The first-order valence-electron chi connectivity index (χ1n) is 8.70. The molecule has 1 atom stereocenters. The largest absolute Gasteiger partial charge is 0.454 e. The fraction of sp³-hybridized carbons (Fsp3) is 0.368. The molecule has 1 saturated heterocycles. The van der Waals surface area contributed by atoms with Gasteiger partial charge in [0.05, 0.1) is 5.69 Å². The van der Waals surface area contributed by atoms with Gasteiger partial charge in [-0.25, -0.2) is 0 Å². The average Bonchev–Trinajstić information content (AvgIpc) is 3.30. The highest BCUT2D eigenvalue weighted by Gasteiger charge is 2.29. The van der Waals surface area contributed by atoms with E-state index in [1.165, 1.54) is 4.57 Å². The van der Waals surface area contributed by atoms with Crippen LogP contribution in [0.3, 0.4) is 0 Å². The topological polar surface area (TPSA) is 86.8 Å². The normalized spacial score (nSPS) is 18.4. The Balaban J connectivity index is 1.72. The molecule has 7 nitrogen and oxygen atoms in total. The Morgan fingerprint density at radius 2 is 2.08 bits per heavy atom. The predicted octanol–water partition coefficient (Wildman–Crippen LogP) is 1.30. The Hall–Kier alpha value is -2.80. The molecule has 1 unspecified atom stereocenters. The van der Waals surface area contributed by atoms with Crippen LogP contribution in [0.5, 0.6) is 11.5 Å². The van der Waals surface area contributed by atoms with Gasteiger partial charge in [-0.15, -0.1) is 0 Å². The number of benzene rings is 1. The SMILES string of the molecule is Cc1ccn(-c2ccc3c(c2)OCO3)c(=O)c1C(=O)N1CCC(CN)C1. The van der Waals surface area contributed by atoms with E-state index in [2.05, 4.69) is 0 Å². The minimum Gasteiger partial charge on any atom is -0.454 e. The zero-order chi connectivity index (χ0) is 18.3. The van der Waals surface area contributed by atoms with Gasteiger partial charge < -0.3 is 20.1 Å². The number of rotatable bonds is 3. The molecule has 1 amide bonds. The minimum absolute atomic E-state index is 0.169. The van der Waals surface area contributed by atoms with E-state index in [0.29, 0.717) is 48.3 Å². The molecule has 2 aliphatic rings. The number of aromatic nitrogens is 1. The number of pyridine rings is 1. The first kappa shape index (κ1) is 16.7. The van der Waals surface area contributed by atoms with Gasteiger partial charge in [0.2, 0.25) is 6.79 Å². The summed E-state index contributed by atoms with van der Waals surface area (Å²) in [5.41, 5.74) is 6.90. The van der Waals surface area contributed by atoms with Crippen molar-refractivity contribution in [1.29, 1.82) is 0 Å². The summed E-state index contributed by atoms with van der Waals surface area (Å²) in [6.07, 6.45) is 2.56. The van der Waals surface area contributed by atoms with Gasteiger partial charge in [-0.3, -0.25) is 14.2 Å². The van der Waals surface area contributed by atoms with Gasteiger partial charge in [-0.1, -0.05) is 0 Å². The van der Waals surface area contributed by atoms with Crippen molar-refractivity contribution in [3.8, 4) is 17.2 Å². The summed E-state index contributed by atoms with van der Waals surface area (Å²) in [5, 5.41) is 0. The fourth-order valence-electron chi connectivity index (χ4n) is 3.49. The quantitative estimate of drug-likeness (QED) is 0.897. The highest BCUT2D eigenvalue weighted by Crippen LogP contribution is 2.33. The van der Waals surface area contributed by atoms with E-state index in [0.717, 1.165) is 6.42 Å². The third kappa shape index (κ3) is 2.74. The number of aryl methyl sites for hydroxylation is 1. The van der Waals surface area contributed by atoms with Crippen molar-refractivity contribution in [3.63, 3.8) is 0 Å². The van der Waals surface area contributed by atoms with Gasteiger partial charge in [0.25, 0.3) is 11.5 Å². The number of fused-ring (bicyclic) bond motifs is 1. The van der Waals surface area contributed by atoms with Crippen LogP contribution < -0.4 is 20.8 Å². The van der Waals surface area contributed by atoms with Crippen molar-refractivity contribution in [1.82, 2.24) is 9.47 Å². The summed E-state index contributed by atoms with van der Waals surface area (Å²) in [7, 11) is 0. The van der Waals surface area contributed by atoms with Gasteiger partial charge in [-0.2, -0.15) is 0 Å². The zero-order valence-electron chi connectivity index (χ0n) is 14.6. The molecule has 1 aromatic heterocycles. The summed E-state index contributed by atoms with van der Waals surface area (Å²) in [4.78, 5) is 27.7. The molecule has 3 heterocycles. The van der Waals surface area contributed by atoms with Gasteiger partial charge in [0.15, 0.2) is 11.5 Å². The van der Waals surface area contributed by atoms with E-state index >= 15 is 0 Å². The minimum atomic E-state index is -0.329. The van der Waals surface area contributed by atoms with Gasteiger partial charge >= 0.3 is 0 Å². The highest BCUT2D eigenvalue weighted by atomic mass is 16.7. The number of ether oxygens (including phenoxy) is 2. The zero-order valence-corrected chi connectivity index (χ0v) is 14.6. The maximum absolute atomic E-state index is 13.1. The van der Waals surface area contributed by atoms with E-state index in [-0.39, 0.29) is 23.8 Å². The maximum atomic E-state index is 13.1. The third-order valence-corrected chi connectivity index (χ3v) is 5.06. The number of nitrogens with zero attached hydrogens (tertiary/aromatic N) is 2. The monoisotopic (exact) mass is 355 g/mol. The summed E-state index contributed by atoms with van der Waals surface area (Å²) in [5.74, 6) is 1.32. The molecule has 7 heteroatoms. The molecule has 1 fully saturated rings. The molecule has 2 aromatic rings. The van der Waals surface area contributed by atoms with E-state index < -0.39 is 0 Å². The molecule has 2 N–H and O–H groups in total. The smallest absolute Gasteiger partial charge is 0.268 e. The fourth-order valence-corrected chi connectivity index (χ4v) is 3.49. The predicted molar refractivity (Wildman–Crippen MR) is 96.0 cm³/mol. The number of amides is 1. The lowest BCUT2D eigenvalue weighted by molar-refractivity contribution is 0.0785. The van der Waals surface area contributed by atoms with E-state index in [4.69, 9.17) is 15.2 Å². The maximum Gasteiger partial charge on any atom is 0.268 e. The lowest BCUT2D eigenvalue weighted by Crippen LogP contribution is -2.36. The van der Waals surface area contributed by atoms with Gasteiger partial charge in [-0.05, 0) is 49.6 Å². The van der Waals surface area contributed by atoms with Crippen LogP contribution in [-0.4, -0.2) is 41.8 Å². The second-order valence-corrected chi connectivity index (χ2v) is 6.73. The van der Waals surface area contributed by atoms with Crippen LogP contribution in [0.1, 0.15) is 22.3 Å². The second-order valence-electron chi connectivity index (χ2n) is 6.73. The van der Waals surface area contributed by atoms with E-state index in [1.807, 2.05) is 0 Å². The summed E-state index contributed by atoms with van der Waals surface area (Å²) < 4.78 is 12.2. The molecule has 0 aliphatic carbocycles. The van der Waals surface area contributed by atoms with Crippen LogP contribution in [0.25, 0.3) is 5.69 Å². The first-order chi connectivity index (χ1) is 12.6. The summed E-state index contributed by atoms with van der Waals surface area (Å²) in [6, 6.07) is 7.07. The van der Waals surface area contributed by atoms with Crippen molar-refractivity contribution in [3.05, 3.63) is 51.9 Å². The Labute approximate surface area is 150 Å². The molecule has 2 aliphatic heterocycles. The molecule has 136 valence electrons. The number of nitrogens with two attached hydrogens (primary N) is 1. The number of hydrogen-bond acceptors (Lipinski definition) is 5. The molecule has 4 rings (SSSR count). The molecule has 0 radical (unpaired) electrons. The van der Waals surface area contributed by atoms with Crippen molar-refractivity contribution < 1.29 is 14.3 Å². The van der Waals surface area contributed by atoms with Crippen molar-refractivity contribution in [2.75, 3.05) is 26.4 Å². The number of carbonyl (C=O) groups excluding carboxylic acids is 1. The Morgan fingerprint density at radius 3 is 2.85 bits per heavy atom. The number of carbonyl (C=O) groups is 1. The Morgan fingerprint density at radius 1 is 1.27 bits per heavy atom. The van der Waals surface area contributed by atoms with E-state index in [9.17, 15) is 9.59 Å². The number of likely N-dealkylation sites (tertiary alicyclic amines) is 1. The Kier molecular flexibility index (Phi) is 4.16. The van der Waals surface area contributed by atoms with Gasteiger partial charge in [0.1, 0.15) is 5.56 Å². The molecular weight excluding hydrogens is 334 g/mol. The standard InChI is InChI=1S/C19H21N3O4/c1-12-4-7-22(14-2-3-15-16(8-14)26-11-25-15)19(24)17(12)18(23)21-6-5-13(9-20)10-21/h2-4,7-8,13H,5-6,9-11,20H2,1H3. The summed E-state index contributed by atoms with van der Waals surface area (Å²) >= 11 is 0. The van der Waals surface area contributed by atoms with Crippen LogP contribution in [0.2, 0.25) is 0 Å². The lowest BCUT2D eigenvalue weighted by atomic mass is 10.1. The van der Waals surface area contributed by atoms with Crippen LogP contribution in [-0.2, 0) is 0 Å². The molecule has 0 bridgehead atoms. The molecule has 0 spiro atoms. The molecular formula is C19H21N3O4. The highest BCUT2D eigenvalue weighted by molar-refractivity contribution is 5.95. The summed E-state index contributed by atoms with van der Waals surface area (Å²) in [6.45, 7) is 3.75. The van der Waals surface area contributed by atoms with Crippen molar-refractivity contribution >= 4 is 5.91 Å². The Bertz CT molecular complexity index is 921. The van der Waals surface area contributed by atoms with Crippen molar-refractivity contribution in [2.45, 2.75) is 13.3 Å². The molecule has 0 saturated carbocycles.